The fourth-order valence-corrected chi connectivity index (χ4v) is 2.86. The highest BCUT2D eigenvalue weighted by Gasteiger charge is 2.31. The van der Waals surface area contributed by atoms with Crippen LogP contribution in [0.15, 0.2) is 24.3 Å². The molecule has 3 atom stereocenters. The Morgan fingerprint density at radius 2 is 2.14 bits per heavy atom. The molecule has 5 nitrogen and oxygen atoms in total. The van der Waals surface area contributed by atoms with Crippen molar-refractivity contribution < 1.29 is 14.6 Å². The van der Waals surface area contributed by atoms with Crippen LogP contribution in [-0.2, 0) is 9.53 Å². The van der Waals surface area contributed by atoms with Gasteiger partial charge in [0.25, 0.3) is 5.91 Å². The lowest BCUT2D eigenvalue weighted by Gasteiger charge is -2.21. The van der Waals surface area contributed by atoms with Crippen LogP contribution in [0.1, 0.15) is 37.8 Å². The summed E-state index contributed by atoms with van der Waals surface area (Å²) in [5.41, 5.74) is 0.906. The summed E-state index contributed by atoms with van der Waals surface area (Å²) >= 11 is 0. The second-order valence-electron chi connectivity index (χ2n) is 5.98. The standard InChI is InChI=1S/C17H26N2O3/c1-4-14(13-7-5-6-8-15(13)20)18-11-12-9-10-16(22-12)17(21)19(2)3/h5-8,12,14,16,18,20H,4,9-11H2,1-3H3/t12-,14+,16+/m1/s1. The molecule has 1 amide bonds. The first-order chi connectivity index (χ1) is 10.5. The van der Waals surface area contributed by atoms with Crippen molar-refractivity contribution in [3.63, 3.8) is 0 Å². The minimum absolute atomic E-state index is 0.0373. The summed E-state index contributed by atoms with van der Waals surface area (Å²) in [4.78, 5) is 13.5. The van der Waals surface area contributed by atoms with Gasteiger partial charge in [-0.1, -0.05) is 25.1 Å². The third kappa shape index (κ3) is 3.99. The van der Waals surface area contributed by atoms with Crippen molar-refractivity contribution >= 4 is 5.91 Å². The number of amides is 1. The zero-order valence-electron chi connectivity index (χ0n) is 13.6. The minimum atomic E-state index is -0.313. The molecule has 5 heteroatoms. The van der Waals surface area contributed by atoms with Crippen LogP contribution >= 0.6 is 0 Å². The van der Waals surface area contributed by atoms with Crippen molar-refractivity contribution in [3.8, 4) is 5.75 Å². The van der Waals surface area contributed by atoms with Crippen molar-refractivity contribution in [3.05, 3.63) is 29.8 Å². The fourth-order valence-electron chi connectivity index (χ4n) is 2.86. The lowest BCUT2D eigenvalue weighted by Crippen LogP contribution is -2.35. The number of hydrogen-bond acceptors (Lipinski definition) is 4. The first-order valence-electron chi connectivity index (χ1n) is 7.90. The van der Waals surface area contributed by atoms with Gasteiger partial charge in [0.15, 0.2) is 0 Å². The van der Waals surface area contributed by atoms with E-state index in [1.54, 1.807) is 25.1 Å². The van der Waals surface area contributed by atoms with Crippen LogP contribution in [0.25, 0.3) is 0 Å². The van der Waals surface area contributed by atoms with Crippen LogP contribution in [0, 0.1) is 0 Å². The zero-order valence-corrected chi connectivity index (χ0v) is 13.6. The Bertz CT molecular complexity index is 504. The lowest BCUT2D eigenvalue weighted by molar-refractivity contribution is -0.140. The maximum Gasteiger partial charge on any atom is 0.251 e. The van der Waals surface area contributed by atoms with Crippen LogP contribution in [-0.4, -0.2) is 48.8 Å². The molecule has 2 N–H and O–H groups in total. The van der Waals surface area contributed by atoms with Gasteiger partial charge in [0.2, 0.25) is 0 Å². The maximum atomic E-state index is 11.9. The van der Waals surface area contributed by atoms with Crippen molar-refractivity contribution in [2.24, 2.45) is 0 Å². The summed E-state index contributed by atoms with van der Waals surface area (Å²) in [6.45, 7) is 2.77. The van der Waals surface area contributed by atoms with Crippen LogP contribution < -0.4 is 5.32 Å². The van der Waals surface area contributed by atoms with Gasteiger partial charge in [-0.25, -0.2) is 0 Å². The van der Waals surface area contributed by atoms with Gasteiger partial charge in [-0.05, 0) is 25.3 Å². The zero-order chi connectivity index (χ0) is 16.1. The highest BCUT2D eigenvalue weighted by Crippen LogP contribution is 2.27. The van der Waals surface area contributed by atoms with Gasteiger partial charge < -0.3 is 20.1 Å². The Morgan fingerprint density at radius 1 is 1.41 bits per heavy atom. The number of rotatable bonds is 6. The number of benzene rings is 1. The number of aromatic hydroxyl groups is 1. The monoisotopic (exact) mass is 306 g/mol. The van der Waals surface area contributed by atoms with E-state index in [2.05, 4.69) is 12.2 Å². The fraction of sp³-hybridized carbons (Fsp3) is 0.588. The van der Waals surface area contributed by atoms with Gasteiger partial charge in [-0.2, -0.15) is 0 Å². The van der Waals surface area contributed by atoms with E-state index < -0.39 is 0 Å². The Labute approximate surface area is 132 Å². The Balaban J connectivity index is 1.87. The third-order valence-corrected chi connectivity index (χ3v) is 4.14. The van der Waals surface area contributed by atoms with Crippen molar-refractivity contribution in [1.29, 1.82) is 0 Å². The van der Waals surface area contributed by atoms with E-state index in [0.717, 1.165) is 24.8 Å². The first kappa shape index (κ1) is 16.8. The molecule has 1 aromatic carbocycles. The number of phenolic OH excluding ortho intramolecular Hbond substituents is 1. The highest BCUT2D eigenvalue weighted by atomic mass is 16.5. The second-order valence-corrected chi connectivity index (χ2v) is 5.98. The summed E-state index contributed by atoms with van der Waals surface area (Å²) in [5, 5.41) is 13.4. The lowest BCUT2D eigenvalue weighted by atomic mass is 10.0. The number of likely N-dealkylation sites (N-methyl/N-ethyl adjacent to an activating group) is 1. The van der Waals surface area contributed by atoms with E-state index in [-0.39, 0.29) is 24.2 Å². The van der Waals surface area contributed by atoms with E-state index in [9.17, 15) is 9.90 Å². The molecule has 22 heavy (non-hydrogen) atoms. The Hall–Kier alpha value is -1.59. The van der Waals surface area contributed by atoms with Gasteiger partial charge in [0.1, 0.15) is 11.9 Å². The first-order valence-corrected chi connectivity index (χ1v) is 7.90. The van der Waals surface area contributed by atoms with E-state index in [1.165, 1.54) is 0 Å². The molecule has 122 valence electrons. The number of carbonyl (C=O) groups is 1. The van der Waals surface area contributed by atoms with Gasteiger partial charge in [0.05, 0.1) is 6.10 Å². The molecule has 0 saturated carbocycles. The maximum absolute atomic E-state index is 11.9. The number of para-hydroxylation sites is 1. The van der Waals surface area contributed by atoms with Gasteiger partial charge in [-0.3, -0.25) is 4.79 Å². The molecule has 1 aliphatic rings. The molecular formula is C17H26N2O3. The molecule has 0 spiro atoms. The molecule has 1 aromatic rings. The average molecular weight is 306 g/mol. The normalized spacial score (nSPS) is 22.5. The smallest absolute Gasteiger partial charge is 0.251 e. The summed E-state index contributed by atoms with van der Waals surface area (Å²) in [7, 11) is 3.51. The van der Waals surface area contributed by atoms with Crippen LogP contribution in [0.4, 0.5) is 0 Å². The van der Waals surface area contributed by atoms with Gasteiger partial charge >= 0.3 is 0 Å². The average Bonchev–Trinajstić information content (AvgIpc) is 2.97. The number of carbonyl (C=O) groups excluding carboxylic acids is 1. The van der Waals surface area contributed by atoms with E-state index in [4.69, 9.17) is 4.74 Å². The molecule has 1 heterocycles. The number of nitrogens with one attached hydrogen (secondary N) is 1. The van der Waals surface area contributed by atoms with Crippen LogP contribution in [0.5, 0.6) is 5.75 Å². The molecule has 0 bridgehead atoms. The summed E-state index contributed by atoms with van der Waals surface area (Å²) < 4.78 is 5.83. The molecule has 0 aliphatic carbocycles. The SMILES string of the molecule is CC[C@H](NC[C@H]1CC[C@@H](C(=O)N(C)C)O1)c1ccccc1O. The second kappa shape index (κ2) is 7.61. The predicted octanol–water partition coefficient (Wildman–Crippen LogP) is 2.07. The Morgan fingerprint density at radius 3 is 2.77 bits per heavy atom. The largest absolute Gasteiger partial charge is 0.508 e. The van der Waals surface area contributed by atoms with Crippen molar-refractivity contribution in [2.75, 3.05) is 20.6 Å². The molecule has 1 saturated heterocycles. The molecule has 0 aromatic heterocycles. The predicted molar refractivity (Wildman–Crippen MR) is 85.7 cm³/mol. The van der Waals surface area contributed by atoms with E-state index in [0.29, 0.717) is 12.3 Å². The number of nitrogens with zero attached hydrogens (tertiary/aromatic N) is 1. The molecular weight excluding hydrogens is 280 g/mol. The highest BCUT2D eigenvalue weighted by molar-refractivity contribution is 5.80. The molecule has 0 unspecified atom stereocenters. The van der Waals surface area contributed by atoms with E-state index >= 15 is 0 Å². The number of phenols is 1. The molecule has 1 fully saturated rings. The number of ether oxygens (including phenoxy) is 1. The third-order valence-electron chi connectivity index (χ3n) is 4.14. The van der Waals surface area contributed by atoms with Crippen molar-refractivity contribution in [2.45, 2.75) is 44.4 Å². The van der Waals surface area contributed by atoms with Gasteiger partial charge in [-0.15, -0.1) is 0 Å². The topological polar surface area (TPSA) is 61.8 Å². The molecule has 2 rings (SSSR count). The summed E-state index contributed by atoms with van der Waals surface area (Å²) in [5.74, 6) is 0.352. The number of hydrogen-bond donors (Lipinski definition) is 2. The van der Waals surface area contributed by atoms with E-state index in [1.807, 2.05) is 18.2 Å². The van der Waals surface area contributed by atoms with Crippen LogP contribution in [0.2, 0.25) is 0 Å². The van der Waals surface area contributed by atoms with Crippen molar-refractivity contribution in [1.82, 2.24) is 10.2 Å². The molecule has 0 radical (unpaired) electrons. The minimum Gasteiger partial charge on any atom is -0.508 e. The van der Waals surface area contributed by atoms with Crippen LogP contribution in [0.3, 0.4) is 0 Å². The quantitative estimate of drug-likeness (QED) is 0.844. The Kier molecular flexibility index (Phi) is 5.80. The summed E-state index contributed by atoms with van der Waals surface area (Å²) in [6.07, 6.45) is 2.27. The molecule has 1 aliphatic heterocycles. The van der Waals surface area contributed by atoms with Gasteiger partial charge in [0, 0.05) is 32.2 Å². The summed E-state index contributed by atoms with van der Waals surface area (Å²) in [6, 6.07) is 7.48.